The number of ether oxygens (including phenoxy) is 1. The molecule has 0 bridgehead atoms. The molecule has 0 aliphatic carbocycles. The Morgan fingerprint density at radius 1 is 0.680 bits per heavy atom. The Morgan fingerprint density at radius 2 is 1.00 bits per heavy atom. The molecule has 2 rings (SSSR count). The van der Waals surface area contributed by atoms with Crippen molar-refractivity contribution in [2.24, 2.45) is 0 Å². The van der Waals surface area contributed by atoms with E-state index in [-0.39, 0.29) is 12.4 Å². The van der Waals surface area contributed by atoms with E-state index in [1.165, 1.54) is 0 Å². The van der Waals surface area contributed by atoms with Gasteiger partial charge in [-0.2, -0.15) is 26.3 Å². The van der Waals surface area contributed by atoms with Crippen molar-refractivity contribution in [2.75, 3.05) is 0 Å². The summed E-state index contributed by atoms with van der Waals surface area (Å²) in [5, 5.41) is -2.94. The molecule has 0 N–H and O–H groups in total. The maximum Gasteiger partial charge on any atom is 0.421 e. The second-order valence-electron chi connectivity index (χ2n) is 4.31. The summed E-state index contributed by atoms with van der Waals surface area (Å²) < 4.78 is 83.1. The second-order valence-corrected chi connectivity index (χ2v) is 5.78. The van der Waals surface area contributed by atoms with Crippen molar-refractivity contribution < 1.29 is 31.1 Å². The Labute approximate surface area is 155 Å². The molecule has 25 heavy (non-hydrogen) atoms. The summed E-state index contributed by atoms with van der Waals surface area (Å²) in [6, 6.07) is 0. The number of hydrogen-bond donors (Lipinski definition) is 0. The van der Waals surface area contributed by atoms with Gasteiger partial charge < -0.3 is 4.74 Å². The highest BCUT2D eigenvalue weighted by molar-refractivity contribution is 6.43. The van der Waals surface area contributed by atoms with E-state index in [0.717, 1.165) is 0 Å². The Hall–Kier alpha value is -1.16. The first kappa shape index (κ1) is 20.2. The van der Waals surface area contributed by atoms with Gasteiger partial charge in [0.2, 0.25) is 0 Å². The molecule has 136 valence electrons. The molecule has 0 atom stereocenters. The molecule has 2 heterocycles. The third-order valence-electron chi connectivity index (χ3n) is 2.68. The van der Waals surface area contributed by atoms with Crippen LogP contribution >= 0.6 is 46.4 Å². The molecule has 0 spiro atoms. The van der Waals surface area contributed by atoms with Crippen molar-refractivity contribution in [1.82, 2.24) is 9.97 Å². The van der Waals surface area contributed by atoms with Crippen LogP contribution in [-0.2, 0) is 12.4 Å². The van der Waals surface area contributed by atoms with Crippen molar-refractivity contribution in [3.8, 4) is 11.5 Å². The van der Waals surface area contributed by atoms with Crippen LogP contribution in [0.2, 0.25) is 20.4 Å². The van der Waals surface area contributed by atoms with Gasteiger partial charge in [-0.25, -0.2) is 9.97 Å². The van der Waals surface area contributed by atoms with Crippen molar-refractivity contribution >= 4 is 46.4 Å². The molecular weight excluding hydrogens is 444 g/mol. The largest absolute Gasteiger partial charge is 0.453 e. The zero-order valence-electron chi connectivity index (χ0n) is 11.2. The molecule has 0 amide bonds. The van der Waals surface area contributed by atoms with Crippen LogP contribution in [0.4, 0.5) is 26.3 Å². The molecule has 0 unspecified atom stereocenters. The maximum absolute atomic E-state index is 13.1. The molecule has 13 heteroatoms. The average molecular weight is 446 g/mol. The van der Waals surface area contributed by atoms with Crippen LogP contribution in [0.15, 0.2) is 12.4 Å². The minimum atomic E-state index is -5.04. The summed E-state index contributed by atoms with van der Waals surface area (Å²) in [4.78, 5) is 6.40. The van der Waals surface area contributed by atoms with Crippen molar-refractivity contribution in [1.29, 1.82) is 0 Å². The Kier molecular flexibility index (Phi) is 5.53. The smallest absolute Gasteiger partial charge is 0.421 e. The topological polar surface area (TPSA) is 35.0 Å². The number of rotatable bonds is 2. The average Bonchev–Trinajstić information content (AvgIpc) is 2.46. The fourth-order valence-electron chi connectivity index (χ4n) is 1.60. The van der Waals surface area contributed by atoms with Gasteiger partial charge in [0.1, 0.15) is 21.2 Å². The second kappa shape index (κ2) is 6.86. The summed E-state index contributed by atoms with van der Waals surface area (Å²) in [6.07, 6.45) is -9.57. The van der Waals surface area contributed by atoms with Gasteiger partial charge in [-0.15, -0.1) is 0 Å². The first-order chi connectivity index (χ1) is 11.3. The van der Waals surface area contributed by atoms with Gasteiger partial charge in [-0.05, 0) is 0 Å². The van der Waals surface area contributed by atoms with Gasteiger partial charge in [0, 0.05) is 12.4 Å². The van der Waals surface area contributed by atoms with Crippen molar-refractivity contribution in [3.63, 3.8) is 0 Å². The summed E-state index contributed by atoms with van der Waals surface area (Å²) in [5.74, 6) is -2.41. The lowest BCUT2D eigenvalue weighted by molar-refractivity contribution is -0.139. The molecule has 0 aliphatic rings. The molecule has 0 saturated heterocycles. The van der Waals surface area contributed by atoms with E-state index in [9.17, 15) is 26.3 Å². The summed E-state index contributed by atoms with van der Waals surface area (Å²) in [6.45, 7) is 0. The number of alkyl halides is 6. The quantitative estimate of drug-likeness (QED) is 0.371. The third kappa shape index (κ3) is 4.16. The minimum absolute atomic E-state index is 0.257. The van der Waals surface area contributed by atoms with Crippen molar-refractivity contribution in [3.05, 3.63) is 43.9 Å². The number of hydrogen-bond acceptors (Lipinski definition) is 3. The predicted octanol–water partition coefficient (Wildman–Crippen LogP) is 6.92. The molecular formula is C12H2Cl4F6N2O. The van der Waals surface area contributed by atoms with Gasteiger partial charge in [-0.3, -0.25) is 0 Å². The van der Waals surface area contributed by atoms with Gasteiger partial charge in [0.05, 0.1) is 0 Å². The zero-order chi connectivity index (χ0) is 19.2. The molecule has 2 aromatic heterocycles. The predicted molar refractivity (Wildman–Crippen MR) is 78.6 cm³/mol. The van der Waals surface area contributed by atoms with Crippen LogP contribution < -0.4 is 4.74 Å². The number of nitrogens with zero attached hydrogens (tertiary/aromatic N) is 2. The van der Waals surface area contributed by atoms with Crippen LogP contribution in [0.5, 0.6) is 11.5 Å². The third-order valence-corrected chi connectivity index (χ3v) is 4.15. The van der Waals surface area contributed by atoms with E-state index in [1.54, 1.807) is 0 Å². The lowest BCUT2D eigenvalue weighted by Crippen LogP contribution is -2.12. The van der Waals surface area contributed by atoms with Crippen LogP contribution in [0.25, 0.3) is 0 Å². The maximum atomic E-state index is 13.1. The fraction of sp³-hybridized carbons (Fsp3) is 0.167. The van der Waals surface area contributed by atoms with E-state index in [4.69, 9.17) is 51.1 Å². The monoisotopic (exact) mass is 444 g/mol. The minimum Gasteiger partial charge on any atom is -0.453 e. The molecule has 3 nitrogen and oxygen atoms in total. The van der Waals surface area contributed by atoms with Crippen LogP contribution in [0, 0.1) is 0 Å². The molecule has 0 fully saturated rings. The first-order valence-corrected chi connectivity index (χ1v) is 7.35. The molecule has 0 aromatic carbocycles. The number of aromatic nitrogens is 2. The summed E-state index contributed by atoms with van der Waals surface area (Å²) in [7, 11) is 0. The summed E-state index contributed by atoms with van der Waals surface area (Å²) in [5.41, 5.74) is -3.11. The van der Waals surface area contributed by atoms with E-state index in [1.807, 2.05) is 0 Å². The lowest BCUT2D eigenvalue weighted by atomic mass is 10.2. The van der Waals surface area contributed by atoms with E-state index in [2.05, 4.69) is 9.97 Å². The van der Waals surface area contributed by atoms with E-state index < -0.39 is 55.3 Å². The molecule has 0 saturated carbocycles. The van der Waals surface area contributed by atoms with Crippen molar-refractivity contribution in [2.45, 2.75) is 12.4 Å². The highest BCUT2D eigenvalue weighted by atomic mass is 35.5. The van der Waals surface area contributed by atoms with Crippen LogP contribution in [0.1, 0.15) is 11.1 Å². The molecule has 0 aliphatic heterocycles. The van der Waals surface area contributed by atoms with Crippen LogP contribution in [0.3, 0.4) is 0 Å². The number of halogens is 10. The molecule has 0 radical (unpaired) electrons. The standard InChI is InChI=1S/C12H2Cl4F6N2O/c13-5-7(3(11(17,18)19)1-23-9(5)15)25-8-4(12(20,21)22)2-24-10(16)6(8)14/h1-2H. The highest BCUT2D eigenvalue weighted by Crippen LogP contribution is 2.49. The summed E-state index contributed by atoms with van der Waals surface area (Å²) >= 11 is 22.3. The van der Waals surface area contributed by atoms with Gasteiger partial charge in [0.15, 0.2) is 21.8 Å². The lowest BCUT2D eigenvalue weighted by Gasteiger charge is -2.19. The van der Waals surface area contributed by atoms with E-state index in [0.29, 0.717) is 0 Å². The highest BCUT2D eigenvalue weighted by Gasteiger charge is 2.40. The Morgan fingerprint density at radius 3 is 1.28 bits per heavy atom. The molecule has 2 aromatic rings. The Balaban J connectivity index is 2.73. The van der Waals surface area contributed by atoms with Gasteiger partial charge in [-0.1, -0.05) is 46.4 Å². The Bertz CT molecular complexity index is 757. The SMILES string of the molecule is FC(F)(F)c1cnc(Cl)c(Cl)c1Oc1c(C(F)(F)F)cnc(Cl)c1Cl. The van der Waals surface area contributed by atoms with E-state index >= 15 is 0 Å². The number of pyridine rings is 2. The normalized spacial score (nSPS) is 12.4. The first-order valence-electron chi connectivity index (χ1n) is 5.84. The zero-order valence-corrected chi connectivity index (χ0v) is 14.3. The van der Waals surface area contributed by atoms with Gasteiger partial charge in [0.25, 0.3) is 0 Å². The fourth-order valence-corrected chi connectivity index (χ4v) is 2.25. The van der Waals surface area contributed by atoms with Gasteiger partial charge >= 0.3 is 12.4 Å². The van der Waals surface area contributed by atoms with Crippen LogP contribution in [-0.4, -0.2) is 9.97 Å².